The summed E-state index contributed by atoms with van der Waals surface area (Å²) in [6, 6.07) is 19.5. The molecule has 0 unspecified atom stereocenters. The van der Waals surface area contributed by atoms with E-state index in [-0.39, 0.29) is 5.91 Å². The lowest BCUT2D eigenvalue weighted by atomic mass is 10.1. The van der Waals surface area contributed by atoms with E-state index in [1.807, 2.05) is 55.5 Å². The Labute approximate surface area is 147 Å². The van der Waals surface area contributed by atoms with Gasteiger partial charge in [-0.15, -0.1) is 0 Å². The van der Waals surface area contributed by atoms with Gasteiger partial charge in [0, 0.05) is 11.4 Å². The molecule has 0 spiro atoms. The van der Waals surface area contributed by atoms with Crippen LogP contribution in [0.25, 0.3) is 0 Å². The van der Waals surface area contributed by atoms with Gasteiger partial charge >= 0.3 is 0 Å². The molecule has 0 saturated heterocycles. The summed E-state index contributed by atoms with van der Waals surface area (Å²) in [5.41, 5.74) is 5.41. The molecule has 0 aliphatic carbocycles. The summed E-state index contributed by atoms with van der Waals surface area (Å²) in [5, 5.41) is 6.14. The van der Waals surface area contributed by atoms with E-state index in [0.717, 1.165) is 23.5 Å². The number of anilines is 3. The highest BCUT2D eigenvalue weighted by molar-refractivity contribution is 6.02. The number of amides is 1. The van der Waals surface area contributed by atoms with Crippen LogP contribution in [0, 0.1) is 6.92 Å². The lowest BCUT2D eigenvalue weighted by Gasteiger charge is -2.08. The van der Waals surface area contributed by atoms with Crippen molar-refractivity contribution in [1.29, 1.82) is 0 Å². The third-order valence-electron chi connectivity index (χ3n) is 3.92. The predicted molar refractivity (Wildman–Crippen MR) is 102 cm³/mol. The number of nitrogens with one attached hydrogen (secondary N) is 2. The Morgan fingerprint density at radius 1 is 0.960 bits per heavy atom. The van der Waals surface area contributed by atoms with Gasteiger partial charge in [-0.25, -0.2) is 4.98 Å². The Morgan fingerprint density at radius 2 is 1.72 bits per heavy atom. The highest BCUT2D eigenvalue weighted by atomic mass is 16.1. The first-order chi connectivity index (χ1) is 12.1. The Kier molecular flexibility index (Phi) is 5.09. The van der Waals surface area contributed by atoms with Gasteiger partial charge in [-0.3, -0.25) is 4.79 Å². The summed E-state index contributed by atoms with van der Waals surface area (Å²) in [5.74, 6) is -0.216. The van der Waals surface area contributed by atoms with Crippen LogP contribution >= 0.6 is 0 Å². The van der Waals surface area contributed by atoms with Crippen molar-refractivity contribution in [3.8, 4) is 0 Å². The molecule has 0 aliphatic heterocycles. The van der Waals surface area contributed by atoms with Crippen molar-refractivity contribution in [3.05, 3.63) is 83.7 Å². The number of benzene rings is 2. The zero-order valence-corrected chi connectivity index (χ0v) is 14.4. The molecule has 1 aromatic heterocycles. The average molecular weight is 331 g/mol. The molecule has 2 N–H and O–H groups in total. The van der Waals surface area contributed by atoms with Crippen molar-refractivity contribution in [2.75, 3.05) is 10.6 Å². The van der Waals surface area contributed by atoms with Crippen molar-refractivity contribution >= 4 is 23.0 Å². The second-order valence-corrected chi connectivity index (χ2v) is 5.93. The topological polar surface area (TPSA) is 54.0 Å². The number of carbonyl (C=O) groups is 1. The van der Waals surface area contributed by atoms with Gasteiger partial charge in [0.15, 0.2) is 0 Å². The quantitative estimate of drug-likeness (QED) is 0.695. The van der Waals surface area contributed by atoms with Gasteiger partial charge in [0.25, 0.3) is 5.91 Å². The predicted octanol–water partition coefficient (Wildman–Crippen LogP) is 4.95. The summed E-state index contributed by atoms with van der Waals surface area (Å²) in [6.07, 6.45) is 2.64. The molecule has 3 aromatic rings. The number of hydrogen-bond donors (Lipinski definition) is 2. The molecule has 1 heterocycles. The number of aryl methyl sites for hydroxylation is 2. The molecule has 2 aromatic carbocycles. The molecule has 0 radical (unpaired) electrons. The van der Waals surface area contributed by atoms with Crippen LogP contribution in [-0.2, 0) is 6.42 Å². The molecule has 1 amide bonds. The highest BCUT2D eigenvalue weighted by Crippen LogP contribution is 2.17. The number of hydrogen-bond acceptors (Lipinski definition) is 3. The van der Waals surface area contributed by atoms with E-state index in [0.29, 0.717) is 5.69 Å². The monoisotopic (exact) mass is 331 g/mol. The standard InChI is InChI=1S/C21H21N3O/c1-3-16-7-9-17(10-8-16)24-21(25)20-12-11-19(14-22-20)23-18-6-4-5-15(2)13-18/h4-14,23H,3H2,1-2H3,(H,24,25). The van der Waals surface area contributed by atoms with Crippen LogP contribution in [0.2, 0.25) is 0 Å². The smallest absolute Gasteiger partial charge is 0.274 e. The molecular weight excluding hydrogens is 310 g/mol. The van der Waals surface area contributed by atoms with Gasteiger partial charge in [0.05, 0.1) is 11.9 Å². The fraction of sp³-hybridized carbons (Fsp3) is 0.143. The van der Waals surface area contributed by atoms with Gasteiger partial charge < -0.3 is 10.6 Å². The third kappa shape index (κ3) is 4.44. The van der Waals surface area contributed by atoms with E-state index in [2.05, 4.69) is 28.6 Å². The normalized spacial score (nSPS) is 10.3. The summed E-state index contributed by atoms with van der Waals surface area (Å²) in [4.78, 5) is 16.5. The van der Waals surface area contributed by atoms with Crippen LogP contribution in [-0.4, -0.2) is 10.9 Å². The second kappa shape index (κ2) is 7.62. The molecule has 25 heavy (non-hydrogen) atoms. The van der Waals surface area contributed by atoms with Crippen molar-refractivity contribution in [2.45, 2.75) is 20.3 Å². The van der Waals surface area contributed by atoms with E-state index >= 15 is 0 Å². The summed E-state index contributed by atoms with van der Waals surface area (Å²) < 4.78 is 0. The Morgan fingerprint density at radius 3 is 2.36 bits per heavy atom. The summed E-state index contributed by atoms with van der Waals surface area (Å²) in [6.45, 7) is 4.15. The number of nitrogens with zero attached hydrogens (tertiary/aromatic N) is 1. The number of rotatable bonds is 5. The first kappa shape index (κ1) is 16.7. The van der Waals surface area contributed by atoms with E-state index in [9.17, 15) is 4.79 Å². The van der Waals surface area contributed by atoms with E-state index in [1.54, 1.807) is 12.3 Å². The van der Waals surface area contributed by atoms with Crippen LogP contribution < -0.4 is 10.6 Å². The second-order valence-electron chi connectivity index (χ2n) is 5.93. The lowest BCUT2D eigenvalue weighted by molar-refractivity contribution is 0.102. The first-order valence-corrected chi connectivity index (χ1v) is 8.34. The van der Waals surface area contributed by atoms with Crippen LogP contribution in [0.3, 0.4) is 0 Å². The SMILES string of the molecule is CCc1ccc(NC(=O)c2ccc(Nc3cccc(C)c3)cn2)cc1. The Hall–Kier alpha value is -3.14. The molecule has 0 bridgehead atoms. The average Bonchev–Trinajstić information content (AvgIpc) is 2.63. The van der Waals surface area contributed by atoms with Gasteiger partial charge in [0.2, 0.25) is 0 Å². The van der Waals surface area contributed by atoms with Crippen molar-refractivity contribution in [3.63, 3.8) is 0 Å². The maximum absolute atomic E-state index is 12.3. The van der Waals surface area contributed by atoms with Crippen LogP contribution in [0.4, 0.5) is 17.1 Å². The Bertz CT molecular complexity index is 855. The third-order valence-corrected chi connectivity index (χ3v) is 3.92. The zero-order chi connectivity index (χ0) is 17.6. The molecule has 126 valence electrons. The molecule has 4 heteroatoms. The van der Waals surface area contributed by atoms with Crippen molar-refractivity contribution in [1.82, 2.24) is 4.98 Å². The van der Waals surface area contributed by atoms with Crippen LogP contribution in [0.5, 0.6) is 0 Å². The zero-order valence-electron chi connectivity index (χ0n) is 14.4. The fourth-order valence-electron chi connectivity index (χ4n) is 2.51. The summed E-state index contributed by atoms with van der Waals surface area (Å²) in [7, 11) is 0. The van der Waals surface area contributed by atoms with Crippen LogP contribution in [0.15, 0.2) is 66.9 Å². The van der Waals surface area contributed by atoms with E-state index in [4.69, 9.17) is 0 Å². The fourth-order valence-corrected chi connectivity index (χ4v) is 2.51. The minimum absolute atomic E-state index is 0.216. The molecule has 4 nitrogen and oxygen atoms in total. The molecule has 0 atom stereocenters. The minimum Gasteiger partial charge on any atom is -0.354 e. The maximum Gasteiger partial charge on any atom is 0.274 e. The van der Waals surface area contributed by atoms with Gasteiger partial charge in [0.1, 0.15) is 5.69 Å². The largest absolute Gasteiger partial charge is 0.354 e. The van der Waals surface area contributed by atoms with Gasteiger partial charge in [-0.1, -0.05) is 31.2 Å². The maximum atomic E-state index is 12.3. The van der Waals surface area contributed by atoms with Gasteiger partial charge in [-0.2, -0.15) is 0 Å². The van der Waals surface area contributed by atoms with E-state index < -0.39 is 0 Å². The molecule has 0 aliphatic rings. The Balaban J connectivity index is 1.65. The van der Waals surface area contributed by atoms with Crippen molar-refractivity contribution < 1.29 is 4.79 Å². The van der Waals surface area contributed by atoms with Crippen LogP contribution in [0.1, 0.15) is 28.5 Å². The highest BCUT2D eigenvalue weighted by Gasteiger charge is 2.08. The van der Waals surface area contributed by atoms with E-state index in [1.165, 1.54) is 11.1 Å². The molecule has 0 saturated carbocycles. The lowest BCUT2D eigenvalue weighted by Crippen LogP contribution is -2.13. The number of carbonyl (C=O) groups excluding carboxylic acids is 1. The van der Waals surface area contributed by atoms with Crippen molar-refractivity contribution in [2.24, 2.45) is 0 Å². The minimum atomic E-state index is -0.216. The molecular formula is C21H21N3O. The first-order valence-electron chi connectivity index (χ1n) is 8.34. The van der Waals surface area contributed by atoms with Gasteiger partial charge in [-0.05, 0) is 60.9 Å². The number of aromatic nitrogens is 1. The molecule has 3 rings (SSSR count). The number of pyridine rings is 1. The molecule has 0 fully saturated rings. The summed E-state index contributed by atoms with van der Waals surface area (Å²) >= 11 is 0.